The molecule has 25 heavy (non-hydrogen) atoms. The third-order valence-corrected chi connectivity index (χ3v) is 4.49. The lowest BCUT2D eigenvalue weighted by atomic mass is 9.79. The summed E-state index contributed by atoms with van der Waals surface area (Å²) >= 11 is 0. The van der Waals surface area contributed by atoms with Crippen LogP contribution >= 0.6 is 0 Å². The highest BCUT2D eigenvalue weighted by Gasteiger charge is 2.39. The van der Waals surface area contributed by atoms with Crippen LogP contribution in [-0.4, -0.2) is 5.90 Å². The average Bonchev–Trinajstić information content (AvgIpc) is 2.59. The first-order valence-corrected chi connectivity index (χ1v) is 7.87. The molecule has 0 bridgehead atoms. The first-order valence-electron chi connectivity index (χ1n) is 7.87. The van der Waals surface area contributed by atoms with Gasteiger partial charge in [0.25, 0.3) is 0 Å². The maximum Gasteiger partial charge on any atom is 0.343 e. The molecule has 1 aromatic heterocycles. The molecule has 0 fully saturated rings. The van der Waals surface area contributed by atoms with Gasteiger partial charge in [-0.15, -0.1) is 0 Å². The summed E-state index contributed by atoms with van der Waals surface area (Å²) in [6.07, 6.45) is 0. The smallest absolute Gasteiger partial charge is 0.343 e. The van der Waals surface area contributed by atoms with Gasteiger partial charge < -0.3 is 9.15 Å². The van der Waals surface area contributed by atoms with Crippen LogP contribution in [0.4, 0.5) is 0 Å². The van der Waals surface area contributed by atoms with Gasteiger partial charge in [0.05, 0.1) is 11.6 Å². The lowest BCUT2D eigenvalue weighted by molar-refractivity contribution is 0.403. The van der Waals surface area contributed by atoms with Crippen molar-refractivity contribution in [3.05, 3.63) is 75.8 Å². The molecule has 5 nitrogen and oxygen atoms in total. The zero-order chi connectivity index (χ0) is 17.6. The van der Waals surface area contributed by atoms with Crippen LogP contribution in [0.15, 0.2) is 57.7 Å². The van der Waals surface area contributed by atoms with Crippen LogP contribution in [0.3, 0.4) is 0 Å². The van der Waals surface area contributed by atoms with E-state index in [1.165, 1.54) is 0 Å². The van der Waals surface area contributed by atoms with E-state index < -0.39 is 17.5 Å². The van der Waals surface area contributed by atoms with Gasteiger partial charge in [-0.3, -0.25) is 5.41 Å². The Labute approximate surface area is 143 Å². The summed E-state index contributed by atoms with van der Waals surface area (Å²) < 4.78 is 10.7. The highest BCUT2D eigenvalue weighted by Crippen LogP contribution is 2.41. The molecule has 0 aliphatic carbocycles. The number of hydrogen-bond acceptors (Lipinski definition) is 5. The van der Waals surface area contributed by atoms with E-state index >= 15 is 0 Å². The van der Waals surface area contributed by atoms with Gasteiger partial charge in [0.15, 0.2) is 0 Å². The van der Waals surface area contributed by atoms with Crippen molar-refractivity contribution in [2.45, 2.75) is 12.8 Å². The molecule has 0 saturated carbocycles. The Bertz CT molecular complexity index is 1110. The van der Waals surface area contributed by atoms with Crippen molar-refractivity contribution in [1.82, 2.24) is 0 Å². The van der Waals surface area contributed by atoms with Gasteiger partial charge >= 0.3 is 5.63 Å². The molecule has 1 aliphatic rings. The van der Waals surface area contributed by atoms with Crippen molar-refractivity contribution in [2.24, 2.45) is 5.92 Å². The minimum Gasteiger partial charge on any atom is -0.441 e. The van der Waals surface area contributed by atoms with Crippen LogP contribution in [0.1, 0.15) is 22.8 Å². The molecule has 3 aromatic rings. The molecule has 122 valence electrons. The number of nitrogens with zero attached hydrogens (tertiary/aromatic N) is 1. The van der Waals surface area contributed by atoms with E-state index in [4.69, 9.17) is 14.6 Å². The fraction of sp³-hybridized carbons (Fsp3) is 0.150. The van der Waals surface area contributed by atoms with Crippen LogP contribution in [0, 0.1) is 29.6 Å². The van der Waals surface area contributed by atoms with E-state index in [1.54, 1.807) is 13.0 Å². The van der Waals surface area contributed by atoms with E-state index in [2.05, 4.69) is 6.07 Å². The Morgan fingerprint density at radius 2 is 1.88 bits per heavy atom. The van der Waals surface area contributed by atoms with Gasteiger partial charge in [-0.25, -0.2) is 4.79 Å². The third kappa shape index (κ3) is 2.39. The predicted octanol–water partition coefficient (Wildman–Crippen LogP) is 3.74. The van der Waals surface area contributed by atoms with Gasteiger partial charge in [-0.05, 0) is 23.3 Å². The molecule has 0 saturated heterocycles. The maximum absolute atomic E-state index is 12.5. The normalized spacial score (nSPS) is 19.1. The van der Waals surface area contributed by atoms with E-state index in [0.29, 0.717) is 17.1 Å². The minimum atomic E-state index is -0.876. The summed E-state index contributed by atoms with van der Waals surface area (Å²) in [5, 5.41) is 19.7. The second-order valence-corrected chi connectivity index (χ2v) is 6.08. The number of rotatable bonds is 1. The number of ether oxygens (including phenoxy) is 1. The molecular formula is C20H14N2O3. The van der Waals surface area contributed by atoms with Crippen LogP contribution < -0.4 is 10.4 Å². The molecule has 0 amide bonds. The molecule has 0 spiro atoms. The van der Waals surface area contributed by atoms with Gasteiger partial charge in [-0.1, -0.05) is 42.5 Å². The van der Waals surface area contributed by atoms with E-state index in [0.717, 1.165) is 16.3 Å². The van der Waals surface area contributed by atoms with Gasteiger partial charge in [0, 0.05) is 12.0 Å². The number of nitrogens with one attached hydrogen (secondary N) is 1. The highest BCUT2D eigenvalue weighted by molar-refractivity contribution is 5.87. The number of nitriles is 1. The van der Waals surface area contributed by atoms with Gasteiger partial charge in [0.1, 0.15) is 17.4 Å². The maximum atomic E-state index is 12.5. The zero-order valence-corrected chi connectivity index (χ0v) is 13.4. The Hall–Kier alpha value is -3.39. The summed E-state index contributed by atoms with van der Waals surface area (Å²) in [7, 11) is 0. The molecule has 1 N–H and O–H groups in total. The van der Waals surface area contributed by atoms with Crippen molar-refractivity contribution in [1.29, 1.82) is 10.7 Å². The molecule has 4 rings (SSSR count). The molecule has 5 heteroatoms. The van der Waals surface area contributed by atoms with Crippen molar-refractivity contribution < 1.29 is 9.15 Å². The molecule has 1 aliphatic heterocycles. The zero-order valence-electron chi connectivity index (χ0n) is 13.4. The van der Waals surface area contributed by atoms with Gasteiger partial charge in [-0.2, -0.15) is 5.26 Å². The summed E-state index contributed by atoms with van der Waals surface area (Å²) in [4.78, 5) is 12.5. The molecule has 2 atom stereocenters. The Balaban J connectivity index is 1.99. The number of hydrogen-bond donors (Lipinski definition) is 1. The highest BCUT2D eigenvalue weighted by atomic mass is 16.5. The van der Waals surface area contributed by atoms with E-state index in [-0.39, 0.29) is 5.90 Å². The first kappa shape index (κ1) is 15.2. The van der Waals surface area contributed by atoms with Crippen molar-refractivity contribution in [3.8, 4) is 11.8 Å². The van der Waals surface area contributed by atoms with Crippen LogP contribution in [0.25, 0.3) is 10.8 Å². The van der Waals surface area contributed by atoms with E-state index in [1.807, 2.05) is 42.5 Å². The average molecular weight is 330 g/mol. The van der Waals surface area contributed by atoms with Crippen LogP contribution in [-0.2, 0) is 0 Å². The minimum absolute atomic E-state index is 0.154. The summed E-state index contributed by atoms with van der Waals surface area (Å²) in [6.45, 7) is 1.65. The fourth-order valence-corrected chi connectivity index (χ4v) is 3.35. The Morgan fingerprint density at radius 1 is 1.12 bits per heavy atom. The molecule has 2 unspecified atom stereocenters. The summed E-state index contributed by atoms with van der Waals surface area (Å²) in [6, 6.07) is 17.3. The van der Waals surface area contributed by atoms with Crippen LogP contribution in [0.5, 0.6) is 5.75 Å². The lowest BCUT2D eigenvalue weighted by Gasteiger charge is -2.29. The van der Waals surface area contributed by atoms with Gasteiger partial charge in [0.2, 0.25) is 5.90 Å². The summed E-state index contributed by atoms with van der Waals surface area (Å²) in [5.41, 5.74) is 0.556. The third-order valence-electron chi connectivity index (χ3n) is 4.49. The molecular weight excluding hydrogens is 316 g/mol. The van der Waals surface area contributed by atoms with E-state index in [9.17, 15) is 10.1 Å². The monoisotopic (exact) mass is 330 g/mol. The van der Waals surface area contributed by atoms with Crippen molar-refractivity contribution in [2.75, 3.05) is 0 Å². The van der Waals surface area contributed by atoms with Crippen LogP contribution in [0.2, 0.25) is 0 Å². The first-order chi connectivity index (χ1) is 12.1. The number of aryl methyl sites for hydroxylation is 1. The Morgan fingerprint density at radius 3 is 2.64 bits per heavy atom. The van der Waals surface area contributed by atoms with Crippen molar-refractivity contribution in [3.63, 3.8) is 0 Å². The molecule has 0 radical (unpaired) electrons. The van der Waals surface area contributed by atoms with Crippen molar-refractivity contribution >= 4 is 16.7 Å². The quantitative estimate of drug-likeness (QED) is 0.736. The molecule has 2 aromatic carbocycles. The fourth-order valence-electron chi connectivity index (χ4n) is 3.35. The standard InChI is InChI=1S/C20H14N2O3/c1-11-8-16-18(20(23)24-11)17(15(10-21)19(22)25-16)14-7-6-12-4-2-3-5-13(12)9-14/h2-9,15,17,22H,1H3. The lowest BCUT2D eigenvalue weighted by Crippen LogP contribution is -2.34. The largest absolute Gasteiger partial charge is 0.441 e. The summed E-state index contributed by atoms with van der Waals surface area (Å²) in [5.74, 6) is -0.923. The number of benzene rings is 2. The topological polar surface area (TPSA) is 87.1 Å². The SMILES string of the molecule is Cc1cc2c(c(=O)o1)C(c1ccc3ccccc3c1)C(C#N)C(=N)O2. The molecule has 2 heterocycles. The second-order valence-electron chi connectivity index (χ2n) is 6.08. The predicted molar refractivity (Wildman–Crippen MR) is 93.0 cm³/mol. The number of fused-ring (bicyclic) bond motifs is 2. The Kier molecular flexibility index (Phi) is 3.40. The second kappa shape index (κ2) is 5.60.